The fourth-order valence-corrected chi connectivity index (χ4v) is 2.78. The topological polar surface area (TPSA) is 109 Å². The fourth-order valence-electron chi connectivity index (χ4n) is 2.78. The van der Waals surface area contributed by atoms with Crippen molar-refractivity contribution >= 4 is 16.7 Å². The zero-order chi connectivity index (χ0) is 16.7. The third-order valence-corrected chi connectivity index (χ3v) is 3.96. The Hall–Kier alpha value is -3.66. The summed E-state index contributed by atoms with van der Waals surface area (Å²) in [6.45, 7) is 0. The molecule has 3 aromatic heterocycles. The quantitative estimate of drug-likeness (QED) is 0.590. The van der Waals surface area contributed by atoms with Gasteiger partial charge in [-0.15, -0.1) is 0 Å². The first-order chi connectivity index (χ1) is 11.7. The van der Waals surface area contributed by atoms with Crippen molar-refractivity contribution in [3.05, 3.63) is 48.4 Å². The molecule has 0 unspecified atom stereocenters. The molecule has 0 atom stereocenters. The van der Waals surface area contributed by atoms with Crippen LogP contribution in [0.4, 0.5) is 5.82 Å². The molecular formula is C17H13N7. The highest BCUT2D eigenvalue weighted by Crippen LogP contribution is 2.32. The van der Waals surface area contributed by atoms with E-state index in [1.165, 1.54) is 0 Å². The van der Waals surface area contributed by atoms with E-state index in [-0.39, 0.29) is 5.82 Å². The molecule has 0 saturated heterocycles. The summed E-state index contributed by atoms with van der Waals surface area (Å²) in [7, 11) is 1.86. The number of nitriles is 1. The number of hydrogen-bond donors (Lipinski definition) is 2. The van der Waals surface area contributed by atoms with Crippen LogP contribution in [0.25, 0.3) is 33.5 Å². The van der Waals surface area contributed by atoms with E-state index in [1.807, 2.05) is 41.9 Å². The summed E-state index contributed by atoms with van der Waals surface area (Å²) in [5.74, 6) is 0.179. The predicted octanol–water partition coefficient (Wildman–Crippen LogP) is 2.48. The number of hydrogen-bond acceptors (Lipinski definition) is 5. The van der Waals surface area contributed by atoms with Gasteiger partial charge in [-0.05, 0) is 12.1 Å². The lowest BCUT2D eigenvalue weighted by Crippen LogP contribution is -2.01. The van der Waals surface area contributed by atoms with Crippen LogP contribution in [0.1, 0.15) is 5.56 Å². The normalized spacial score (nSPS) is 10.8. The van der Waals surface area contributed by atoms with Crippen molar-refractivity contribution in [2.24, 2.45) is 7.05 Å². The Morgan fingerprint density at radius 2 is 2.12 bits per heavy atom. The molecule has 0 aliphatic heterocycles. The number of nitrogens with zero attached hydrogens (tertiary/aromatic N) is 5. The van der Waals surface area contributed by atoms with Crippen molar-refractivity contribution in [2.45, 2.75) is 0 Å². The number of imidazole rings is 1. The van der Waals surface area contributed by atoms with Gasteiger partial charge in [-0.25, -0.2) is 9.97 Å². The predicted molar refractivity (Wildman–Crippen MR) is 90.7 cm³/mol. The first-order valence-electron chi connectivity index (χ1n) is 7.30. The molecule has 0 bridgehead atoms. The molecule has 0 aliphatic rings. The molecule has 0 spiro atoms. The van der Waals surface area contributed by atoms with Crippen molar-refractivity contribution in [3.63, 3.8) is 0 Å². The van der Waals surface area contributed by atoms with E-state index >= 15 is 0 Å². The monoisotopic (exact) mass is 315 g/mol. The number of aryl methyl sites for hydroxylation is 1. The molecule has 0 saturated carbocycles. The molecule has 3 heterocycles. The molecule has 1 aromatic carbocycles. The summed E-state index contributed by atoms with van der Waals surface area (Å²) in [6, 6.07) is 11.7. The van der Waals surface area contributed by atoms with Crippen molar-refractivity contribution in [1.29, 1.82) is 5.26 Å². The summed E-state index contributed by atoms with van der Waals surface area (Å²) >= 11 is 0. The van der Waals surface area contributed by atoms with Gasteiger partial charge < -0.3 is 10.3 Å². The molecule has 0 fully saturated rings. The Morgan fingerprint density at radius 3 is 2.88 bits per heavy atom. The minimum Gasteiger partial charge on any atom is -0.383 e. The van der Waals surface area contributed by atoms with Gasteiger partial charge in [-0.1, -0.05) is 18.2 Å². The molecule has 4 aromatic rings. The van der Waals surface area contributed by atoms with Crippen LogP contribution >= 0.6 is 0 Å². The number of rotatable bonds is 2. The number of H-pyrrole nitrogens is 1. The summed E-state index contributed by atoms with van der Waals surface area (Å²) in [5.41, 5.74) is 10.1. The number of aromatic amines is 1. The lowest BCUT2D eigenvalue weighted by Gasteiger charge is -2.09. The highest BCUT2D eigenvalue weighted by atomic mass is 15.1. The first kappa shape index (κ1) is 14.0. The van der Waals surface area contributed by atoms with Crippen LogP contribution in [0, 0.1) is 11.3 Å². The first-order valence-corrected chi connectivity index (χ1v) is 7.30. The standard InChI is InChI=1S/C17H13N7/c1-24-9-20-8-15(24)11-6-14(21-17(19)12(11)7-18)16-10-4-2-3-5-13(10)22-23-16/h2-6,8-9H,1H3,(H2,19,21)(H,22,23). The Bertz CT molecular complexity index is 1100. The molecule has 24 heavy (non-hydrogen) atoms. The van der Waals surface area contributed by atoms with Crippen LogP contribution in [0.5, 0.6) is 0 Å². The molecule has 3 N–H and O–H groups in total. The lowest BCUT2D eigenvalue weighted by molar-refractivity contribution is 0.920. The zero-order valence-corrected chi connectivity index (χ0v) is 12.9. The molecule has 4 rings (SSSR count). The summed E-state index contributed by atoms with van der Waals surface area (Å²) in [6.07, 6.45) is 3.37. The second kappa shape index (κ2) is 5.21. The third kappa shape index (κ3) is 2.01. The largest absolute Gasteiger partial charge is 0.383 e. The Morgan fingerprint density at radius 1 is 1.29 bits per heavy atom. The minimum atomic E-state index is 0.179. The van der Waals surface area contributed by atoms with Gasteiger partial charge in [-0.2, -0.15) is 10.4 Å². The number of benzene rings is 1. The Kier molecular flexibility index (Phi) is 3.03. The van der Waals surface area contributed by atoms with Crippen LogP contribution in [0.2, 0.25) is 0 Å². The van der Waals surface area contributed by atoms with Crippen molar-refractivity contribution in [3.8, 4) is 28.7 Å². The third-order valence-electron chi connectivity index (χ3n) is 3.96. The summed E-state index contributed by atoms with van der Waals surface area (Å²) < 4.78 is 1.84. The maximum atomic E-state index is 9.46. The molecule has 0 amide bonds. The van der Waals surface area contributed by atoms with E-state index in [1.54, 1.807) is 12.5 Å². The number of nitrogens with one attached hydrogen (secondary N) is 1. The Balaban J connectivity index is 2.00. The number of nitrogen functional groups attached to an aromatic ring is 1. The van der Waals surface area contributed by atoms with Gasteiger partial charge in [0.15, 0.2) is 0 Å². The van der Waals surface area contributed by atoms with E-state index in [0.29, 0.717) is 22.5 Å². The maximum Gasteiger partial charge on any atom is 0.142 e. The van der Waals surface area contributed by atoms with Crippen molar-refractivity contribution in [1.82, 2.24) is 24.7 Å². The van der Waals surface area contributed by atoms with Crippen LogP contribution in [0.3, 0.4) is 0 Å². The number of aromatic nitrogens is 5. The Labute approximate surface area is 137 Å². The number of anilines is 1. The van der Waals surface area contributed by atoms with Crippen LogP contribution in [-0.2, 0) is 7.05 Å². The molecular weight excluding hydrogens is 302 g/mol. The smallest absolute Gasteiger partial charge is 0.142 e. The zero-order valence-electron chi connectivity index (χ0n) is 12.9. The summed E-state index contributed by atoms with van der Waals surface area (Å²) in [5, 5.41) is 17.8. The van der Waals surface area contributed by atoms with E-state index in [4.69, 9.17) is 5.73 Å². The second-order valence-corrected chi connectivity index (χ2v) is 5.43. The maximum absolute atomic E-state index is 9.46. The highest BCUT2D eigenvalue weighted by Gasteiger charge is 2.17. The lowest BCUT2D eigenvalue weighted by atomic mass is 10.0. The van der Waals surface area contributed by atoms with Crippen LogP contribution in [-0.4, -0.2) is 24.7 Å². The summed E-state index contributed by atoms with van der Waals surface area (Å²) in [4.78, 5) is 8.50. The van der Waals surface area contributed by atoms with Crippen LogP contribution < -0.4 is 5.73 Å². The van der Waals surface area contributed by atoms with E-state index in [2.05, 4.69) is 26.2 Å². The van der Waals surface area contributed by atoms with E-state index in [9.17, 15) is 5.26 Å². The van der Waals surface area contributed by atoms with E-state index < -0.39 is 0 Å². The number of para-hydroxylation sites is 1. The van der Waals surface area contributed by atoms with E-state index in [0.717, 1.165) is 16.6 Å². The SMILES string of the molecule is Cn1cncc1-c1cc(-c2n[nH]c3ccccc23)nc(N)c1C#N. The minimum absolute atomic E-state index is 0.179. The highest BCUT2D eigenvalue weighted by molar-refractivity contribution is 5.93. The number of pyridine rings is 1. The van der Waals surface area contributed by atoms with Gasteiger partial charge in [0.2, 0.25) is 0 Å². The molecule has 0 radical (unpaired) electrons. The molecule has 7 heteroatoms. The van der Waals surface area contributed by atoms with Gasteiger partial charge in [0.1, 0.15) is 23.1 Å². The molecule has 116 valence electrons. The second-order valence-electron chi connectivity index (χ2n) is 5.43. The fraction of sp³-hybridized carbons (Fsp3) is 0.0588. The van der Waals surface area contributed by atoms with Gasteiger partial charge in [0.05, 0.1) is 29.4 Å². The van der Waals surface area contributed by atoms with Crippen LogP contribution in [0.15, 0.2) is 42.9 Å². The van der Waals surface area contributed by atoms with Gasteiger partial charge in [-0.3, -0.25) is 5.10 Å². The average molecular weight is 315 g/mol. The van der Waals surface area contributed by atoms with Gasteiger partial charge in [0.25, 0.3) is 0 Å². The molecule has 0 aliphatic carbocycles. The van der Waals surface area contributed by atoms with Gasteiger partial charge >= 0.3 is 0 Å². The van der Waals surface area contributed by atoms with Crippen molar-refractivity contribution in [2.75, 3.05) is 5.73 Å². The van der Waals surface area contributed by atoms with Gasteiger partial charge in [0, 0.05) is 18.0 Å². The molecule has 7 nitrogen and oxygen atoms in total. The number of fused-ring (bicyclic) bond motifs is 1. The number of nitrogens with two attached hydrogens (primary N) is 1. The average Bonchev–Trinajstić information content (AvgIpc) is 3.20. The van der Waals surface area contributed by atoms with Crippen molar-refractivity contribution < 1.29 is 0 Å².